The summed E-state index contributed by atoms with van der Waals surface area (Å²) in [6, 6.07) is 6.45. The Morgan fingerprint density at radius 2 is 1.44 bits per heavy atom. The molecule has 0 aliphatic heterocycles. The first-order chi connectivity index (χ1) is 13.1. The van der Waals surface area contributed by atoms with Crippen LogP contribution in [0, 0.1) is 0 Å². The molecule has 2 aromatic rings. The summed E-state index contributed by atoms with van der Waals surface area (Å²) >= 11 is 0. The second-order valence-corrected chi connectivity index (χ2v) is 5.04. The highest BCUT2D eigenvalue weighted by Gasteiger charge is 2.02. The van der Waals surface area contributed by atoms with Crippen molar-refractivity contribution in [1.82, 2.24) is 9.97 Å². The Morgan fingerprint density at radius 3 is 1.81 bits per heavy atom. The molecule has 148 valence electrons. The highest BCUT2D eigenvalue weighted by molar-refractivity contribution is 5.87. The van der Waals surface area contributed by atoms with Crippen LogP contribution >= 0.6 is 0 Å². The van der Waals surface area contributed by atoms with E-state index in [4.69, 9.17) is 29.2 Å². The lowest BCUT2D eigenvalue weighted by atomic mass is 10.3. The number of pyridine rings is 2. The van der Waals surface area contributed by atoms with Crippen LogP contribution < -0.4 is 9.47 Å². The topological polar surface area (TPSA) is 120 Å². The lowest BCUT2D eigenvalue weighted by molar-refractivity contribution is 0.0696. The van der Waals surface area contributed by atoms with E-state index in [2.05, 4.69) is 9.97 Å². The predicted molar refractivity (Wildman–Crippen MR) is 96.1 cm³/mol. The Kier molecular flexibility index (Phi) is 11.1. The molecule has 0 radical (unpaired) electrons. The molecule has 0 saturated heterocycles. The van der Waals surface area contributed by atoms with Crippen molar-refractivity contribution in [2.75, 3.05) is 40.6 Å². The van der Waals surface area contributed by atoms with Gasteiger partial charge >= 0.3 is 5.97 Å². The van der Waals surface area contributed by atoms with E-state index in [1.54, 1.807) is 32.5 Å². The van der Waals surface area contributed by atoms with Gasteiger partial charge in [-0.05, 0) is 17.7 Å². The zero-order chi connectivity index (χ0) is 19.9. The molecule has 0 aliphatic carbocycles. The number of nitrogens with zero attached hydrogens (tertiary/aromatic N) is 2. The maximum absolute atomic E-state index is 10.5. The van der Waals surface area contributed by atoms with Gasteiger partial charge in [0.05, 0.1) is 25.4 Å². The quantitative estimate of drug-likeness (QED) is 0.589. The molecule has 0 saturated carbocycles. The molecule has 0 atom stereocenters. The largest absolute Gasteiger partial charge is 0.478 e. The van der Waals surface area contributed by atoms with Gasteiger partial charge in [0.1, 0.15) is 13.2 Å². The van der Waals surface area contributed by atoms with Gasteiger partial charge in [-0.1, -0.05) is 0 Å². The molecule has 0 unspecified atom stereocenters. The summed E-state index contributed by atoms with van der Waals surface area (Å²) in [6.45, 7) is 1.91. The molecular weight excluding hydrogens is 356 g/mol. The van der Waals surface area contributed by atoms with Gasteiger partial charge in [-0.15, -0.1) is 0 Å². The van der Waals surface area contributed by atoms with Crippen LogP contribution in [0.3, 0.4) is 0 Å². The molecule has 0 bridgehead atoms. The third kappa shape index (κ3) is 9.50. The number of carbonyl (C=O) groups is 1. The summed E-state index contributed by atoms with van der Waals surface area (Å²) < 4.78 is 20.0. The van der Waals surface area contributed by atoms with Crippen LogP contribution in [0.1, 0.15) is 15.9 Å². The summed E-state index contributed by atoms with van der Waals surface area (Å²) in [7, 11) is 3.19. The SMILES string of the molecule is COCCOc1ccc(C(=O)O)cn1.COCCOc1ccc(CO)cn1. The predicted octanol–water partition coefficient (Wildman–Crippen LogP) is 1.40. The summed E-state index contributed by atoms with van der Waals surface area (Å²) in [5.41, 5.74) is 0.920. The van der Waals surface area contributed by atoms with Crippen LogP contribution in [0.2, 0.25) is 0 Å². The zero-order valence-electron chi connectivity index (χ0n) is 15.3. The standard InChI is InChI=1S/C9H11NO4.C9H13NO3/c1-13-4-5-14-8-3-2-7(6-10-8)9(11)12;1-12-4-5-13-9-3-2-8(7-11)6-10-9/h2-3,6H,4-5H2,1H3,(H,11,12);2-3,6,11H,4-5,7H2,1H3. The Hall–Kier alpha value is -2.75. The first kappa shape index (κ1) is 22.3. The van der Waals surface area contributed by atoms with Crippen molar-refractivity contribution in [3.05, 3.63) is 47.8 Å². The lowest BCUT2D eigenvalue weighted by Crippen LogP contribution is -2.06. The van der Waals surface area contributed by atoms with Crippen LogP contribution in [-0.4, -0.2) is 66.8 Å². The average molecular weight is 380 g/mol. The fraction of sp³-hybridized carbons (Fsp3) is 0.389. The van der Waals surface area contributed by atoms with E-state index in [0.717, 1.165) is 5.56 Å². The maximum atomic E-state index is 10.5. The van der Waals surface area contributed by atoms with E-state index < -0.39 is 5.97 Å². The first-order valence-electron chi connectivity index (χ1n) is 8.09. The Labute approximate surface area is 157 Å². The number of methoxy groups -OCH3 is 2. The van der Waals surface area contributed by atoms with Crippen molar-refractivity contribution in [3.63, 3.8) is 0 Å². The maximum Gasteiger partial charge on any atom is 0.337 e. The van der Waals surface area contributed by atoms with Gasteiger partial charge < -0.3 is 29.2 Å². The molecule has 0 fully saturated rings. The molecule has 9 nitrogen and oxygen atoms in total. The highest BCUT2D eigenvalue weighted by Crippen LogP contribution is 2.07. The first-order valence-corrected chi connectivity index (χ1v) is 8.09. The van der Waals surface area contributed by atoms with Crippen molar-refractivity contribution in [2.45, 2.75) is 6.61 Å². The van der Waals surface area contributed by atoms with Gasteiger partial charge in [0.15, 0.2) is 0 Å². The molecule has 27 heavy (non-hydrogen) atoms. The van der Waals surface area contributed by atoms with Crippen LogP contribution in [0.25, 0.3) is 0 Å². The monoisotopic (exact) mass is 380 g/mol. The smallest absolute Gasteiger partial charge is 0.337 e. The minimum atomic E-state index is -0.999. The van der Waals surface area contributed by atoms with Crippen molar-refractivity contribution >= 4 is 5.97 Å². The molecule has 0 amide bonds. The molecule has 2 aromatic heterocycles. The van der Waals surface area contributed by atoms with Crippen molar-refractivity contribution in [3.8, 4) is 11.8 Å². The van der Waals surface area contributed by atoms with Crippen LogP contribution in [0.5, 0.6) is 11.8 Å². The summed E-state index contributed by atoms with van der Waals surface area (Å²) in [5, 5.41) is 17.3. The second-order valence-electron chi connectivity index (χ2n) is 5.04. The number of hydrogen-bond acceptors (Lipinski definition) is 8. The van der Waals surface area contributed by atoms with E-state index in [0.29, 0.717) is 38.2 Å². The number of carboxylic acids is 1. The number of ether oxygens (including phenoxy) is 4. The van der Waals surface area contributed by atoms with Gasteiger partial charge in [0.2, 0.25) is 11.8 Å². The summed E-state index contributed by atoms with van der Waals surface area (Å²) in [4.78, 5) is 18.3. The average Bonchev–Trinajstić information content (AvgIpc) is 2.70. The van der Waals surface area contributed by atoms with Crippen molar-refractivity contribution in [1.29, 1.82) is 0 Å². The molecular formula is C18H24N2O7. The van der Waals surface area contributed by atoms with Crippen LogP contribution in [-0.2, 0) is 16.1 Å². The van der Waals surface area contributed by atoms with Crippen molar-refractivity contribution < 1.29 is 34.0 Å². The van der Waals surface area contributed by atoms with Gasteiger partial charge in [-0.3, -0.25) is 0 Å². The minimum Gasteiger partial charge on any atom is -0.478 e. The van der Waals surface area contributed by atoms with Gasteiger partial charge in [0, 0.05) is 38.7 Å². The number of rotatable bonds is 10. The molecule has 0 aromatic carbocycles. The number of aliphatic hydroxyl groups excluding tert-OH is 1. The molecule has 9 heteroatoms. The normalized spacial score (nSPS) is 9.89. The molecule has 0 spiro atoms. The van der Waals surface area contributed by atoms with Gasteiger partial charge in [-0.25, -0.2) is 14.8 Å². The van der Waals surface area contributed by atoms with E-state index in [1.165, 1.54) is 18.3 Å². The third-order valence-electron chi connectivity index (χ3n) is 3.04. The Morgan fingerprint density at radius 1 is 0.889 bits per heavy atom. The lowest BCUT2D eigenvalue weighted by Gasteiger charge is -2.04. The molecule has 2 rings (SSSR count). The number of aromatic nitrogens is 2. The Balaban J connectivity index is 0.000000271. The fourth-order valence-electron chi connectivity index (χ4n) is 1.64. The summed E-state index contributed by atoms with van der Waals surface area (Å²) in [5.74, 6) is -0.0535. The Bertz CT molecular complexity index is 648. The van der Waals surface area contributed by atoms with Gasteiger partial charge in [-0.2, -0.15) is 0 Å². The summed E-state index contributed by atoms with van der Waals surface area (Å²) in [6.07, 6.45) is 2.84. The van der Waals surface area contributed by atoms with E-state index in [-0.39, 0.29) is 12.2 Å². The van der Waals surface area contributed by atoms with Gasteiger partial charge in [0.25, 0.3) is 0 Å². The number of hydrogen-bond donors (Lipinski definition) is 2. The molecule has 2 heterocycles. The van der Waals surface area contributed by atoms with E-state index in [1.807, 2.05) is 0 Å². The van der Waals surface area contributed by atoms with E-state index in [9.17, 15) is 4.79 Å². The second kappa shape index (κ2) is 13.5. The van der Waals surface area contributed by atoms with Crippen molar-refractivity contribution in [2.24, 2.45) is 0 Å². The highest BCUT2D eigenvalue weighted by atomic mass is 16.5. The fourth-order valence-corrected chi connectivity index (χ4v) is 1.64. The van der Waals surface area contributed by atoms with Crippen LogP contribution in [0.15, 0.2) is 36.7 Å². The number of aliphatic hydroxyl groups is 1. The molecule has 0 aliphatic rings. The van der Waals surface area contributed by atoms with Crippen LogP contribution in [0.4, 0.5) is 0 Å². The number of aromatic carboxylic acids is 1. The van der Waals surface area contributed by atoms with E-state index >= 15 is 0 Å². The zero-order valence-corrected chi connectivity index (χ0v) is 15.3. The number of carboxylic acid groups (broad SMARTS) is 1. The molecule has 2 N–H and O–H groups in total. The third-order valence-corrected chi connectivity index (χ3v) is 3.04. The minimum absolute atomic E-state index is 0.00531.